The molecule has 5 nitrogen and oxygen atoms in total. The molecule has 0 unspecified atom stereocenters. The van der Waals surface area contributed by atoms with Crippen LogP contribution >= 0.6 is 0 Å². The van der Waals surface area contributed by atoms with E-state index in [1.165, 1.54) is 6.07 Å². The first-order valence-corrected chi connectivity index (χ1v) is 4.71. The van der Waals surface area contributed by atoms with Crippen molar-refractivity contribution in [2.75, 3.05) is 0 Å². The number of aliphatic hydroxyl groups is 1. The van der Waals surface area contributed by atoms with Gasteiger partial charge in [0.2, 0.25) is 0 Å². The number of allylic oxidation sites excluding steroid dienone is 1. The predicted molar refractivity (Wildman–Crippen MR) is 55.1 cm³/mol. The maximum absolute atomic E-state index is 11.8. The van der Waals surface area contributed by atoms with Crippen LogP contribution < -0.4 is 5.56 Å². The number of carbonyl (C=O) groups excluding carboxylic acids is 1. The highest BCUT2D eigenvalue weighted by Crippen LogP contribution is 2.22. The van der Waals surface area contributed by atoms with Gasteiger partial charge >= 0.3 is 0 Å². The van der Waals surface area contributed by atoms with Gasteiger partial charge in [0.25, 0.3) is 5.56 Å². The number of nitriles is 1. The average Bonchev–Trinajstić information content (AvgIpc) is 2.29. The van der Waals surface area contributed by atoms with Gasteiger partial charge in [-0.1, -0.05) is 0 Å². The Hall–Kier alpha value is -2.35. The minimum Gasteiger partial charge on any atom is -0.515 e. The number of hydrogen-bond donors (Lipinski definition) is 2. The molecule has 0 spiro atoms. The number of aromatic nitrogens is 1. The summed E-state index contributed by atoms with van der Waals surface area (Å²) >= 11 is 0. The van der Waals surface area contributed by atoms with Crippen LogP contribution in [0.15, 0.2) is 22.7 Å². The van der Waals surface area contributed by atoms with E-state index in [4.69, 9.17) is 10.4 Å². The highest BCUT2D eigenvalue weighted by Gasteiger charge is 2.23. The van der Waals surface area contributed by atoms with Gasteiger partial charge in [-0.3, -0.25) is 9.59 Å². The van der Waals surface area contributed by atoms with Crippen molar-refractivity contribution in [2.24, 2.45) is 0 Å². The summed E-state index contributed by atoms with van der Waals surface area (Å²) in [4.78, 5) is 25.6. The molecule has 1 aliphatic carbocycles. The number of Topliss-reactive ketones (excluding diaryl/α,β-unsaturated/α-hetero) is 1. The zero-order chi connectivity index (χ0) is 11.7. The van der Waals surface area contributed by atoms with Crippen LogP contribution in [0.2, 0.25) is 0 Å². The molecule has 0 aromatic carbocycles. The lowest BCUT2D eigenvalue weighted by Crippen LogP contribution is -2.22. The fourth-order valence-electron chi connectivity index (χ4n) is 1.72. The van der Waals surface area contributed by atoms with E-state index in [0.717, 1.165) is 6.26 Å². The molecule has 5 heteroatoms. The Morgan fingerprint density at radius 2 is 2.19 bits per heavy atom. The van der Waals surface area contributed by atoms with E-state index in [1.54, 1.807) is 6.07 Å². The molecule has 2 N–H and O–H groups in total. The maximum atomic E-state index is 11.8. The van der Waals surface area contributed by atoms with Crippen LogP contribution in [0.4, 0.5) is 0 Å². The van der Waals surface area contributed by atoms with Crippen molar-refractivity contribution in [2.45, 2.75) is 12.8 Å². The van der Waals surface area contributed by atoms with E-state index in [-0.39, 0.29) is 11.3 Å². The molecule has 0 fully saturated rings. The van der Waals surface area contributed by atoms with Gasteiger partial charge in [0.15, 0.2) is 5.78 Å². The second-order valence-electron chi connectivity index (χ2n) is 3.50. The van der Waals surface area contributed by atoms with Crippen molar-refractivity contribution in [1.82, 2.24) is 4.98 Å². The Morgan fingerprint density at radius 1 is 1.44 bits per heavy atom. The molecule has 1 heterocycles. The molecule has 1 aromatic heterocycles. The molecule has 0 saturated heterocycles. The van der Waals surface area contributed by atoms with Crippen LogP contribution in [0.1, 0.15) is 28.0 Å². The number of aliphatic hydroxyl groups excluding tert-OH is 1. The third kappa shape index (κ3) is 1.41. The van der Waals surface area contributed by atoms with E-state index in [0.29, 0.717) is 29.7 Å². The molecule has 80 valence electrons. The highest BCUT2D eigenvalue weighted by molar-refractivity contribution is 6.10. The summed E-state index contributed by atoms with van der Waals surface area (Å²) in [5.74, 6) is -0.337. The molecule has 16 heavy (non-hydrogen) atoms. The molecular weight excluding hydrogens is 208 g/mol. The smallest absolute Gasteiger partial charge is 0.266 e. The average molecular weight is 216 g/mol. The van der Waals surface area contributed by atoms with Gasteiger partial charge in [-0.2, -0.15) is 5.26 Å². The third-order valence-electron chi connectivity index (χ3n) is 2.58. The van der Waals surface area contributed by atoms with Gasteiger partial charge in [-0.15, -0.1) is 0 Å². The van der Waals surface area contributed by atoms with Crippen LogP contribution in [0.25, 0.3) is 0 Å². The molecule has 2 rings (SSSR count). The summed E-state index contributed by atoms with van der Waals surface area (Å²) in [7, 11) is 0. The largest absolute Gasteiger partial charge is 0.515 e. The van der Waals surface area contributed by atoms with Crippen LogP contribution in [0.3, 0.4) is 0 Å². The summed E-state index contributed by atoms with van der Waals surface area (Å²) in [5, 5.41) is 17.5. The minimum absolute atomic E-state index is 0.0914. The first-order valence-electron chi connectivity index (χ1n) is 4.71. The van der Waals surface area contributed by atoms with Gasteiger partial charge < -0.3 is 10.1 Å². The van der Waals surface area contributed by atoms with Gasteiger partial charge in [0.05, 0.1) is 6.26 Å². The number of ketones is 1. The van der Waals surface area contributed by atoms with E-state index >= 15 is 0 Å². The number of pyridine rings is 1. The number of H-pyrrole nitrogens is 1. The van der Waals surface area contributed by atoms with Crippen LogP contribution in [-0.2, 0) is 6.42 Å². The Morgan fingerprint density at radius 3 is 2.81 bits per heavy atom. The summed E-state index contributed by atoms with van der Waals surface area (Å²) in [5.41, 5.74) is 0.544. The number of hydrogen-bond acceptors (Lipinski definition) is 4. The van der Waals surface area contributed by atoms with Crippen LogP contribution in [0, 0.1) is 11.3 Å². The van der Waals surface area contributed by atoms with Crippen molar-refractivity contribution in [3.05, 3.63) is 45.1 Å². The number of aryl methyl sites for hydroxylation is 1. The van der Waals surface area contributed by atoms with E-state index < -0.39 is 5.56 Å². The van der Waals surface area contributed by atoms with Gasteiger partial charge in [0, 0.05) is 16.8 Å². The quantitative estimate of drug-likeness (QED) is 0.495. The SMILES string of the molecule is N#Cc1cc2c([nH]c1=O)CC/C(=C\O)C2=O. The second-order valence-corrected chi connectivity index (χ2v) is 3.50. The van der Waals surface area contributed by atoms with Crippen LogP contribution in [0.5, 0.6) is 0 Å². The zero-order valence-corrected chi connectivity index (χ0v) is 8.28. The van der Waals surface area contributed by atoms with Crippen molar-refractivity contribution in [3.8, 4) is 6.07 Å². The number of aromatic amines is 1. The summed E-state index contributed by atoms with van der Waals surface area (Å²) in [6.07, 6.45) is 1.65. The lowest BCUT2D eigenvalue weighted by molar-refractivity contribution is 0.102. The lowest BCUT2D eigenvalue weighted by atomic mass is 9.90. The van der Waals surface area contributed by atoms with Gasteiger partial charge in [0.1, 0.15) is 11.6 Å². The Balaban J connectivity index is 2.66. The fraction of sp³-hybridized carbons (Fsp3) is 0.182. The third-order valence-corrected chi connectivity index (χ3v) is 2.58. The number of fused-ring (bicyclic) bond motifs is 1. The fourth-order valence-corrected chi connectivity index (χ4v) is 1.72. The molecular formula is C11H8N2O3. The van der Waals surface area contributed by atoms with E-state index in [9.17, 15) is 9.59 Å². The first-order chi connectivity index (χ1) is 7.67. The summed E-state index contributed by atoms with van der Waals surface area (Å²) in [6.45, 7) is 0. The maximum Gasteiger partial charge on any atom is 0.266 e. The predicted octanol–water partition coefficient (Wildman–Crippen LogP) is 0.817. The van der Waals surface area contributed by atoms with Crippen molar-refractivity contribution in [1.29, 1.82) is 5.26 Å². The monoisotopic (exact) mass is 216 g/mol. The standard InChI is InChI=1S/C11H8N2O3/c12-4-7-3-8-9(13-11(7)16)2-1-6(5-14)10(8)15/h3,5,14H,1-2H2,(H,13,16)/b6-5+. The lowest BCUT2D eigenvalue weighted by Gasteiger charge is -2.15. The van der Waals surface area contributed by atoms with E-state index in [2.05, 4.69) is 4.98 Å². The van der Waals surface area contributed by atoms with Gasteiger partial charge in [-0.05, 0) is 18.9 Å². The molecule has 1 aliphatic rings. The van der Waals surface area contributed by atoms with Crippen LogP contribution in [-0.4, -0.2) is 15.9 Å². The normalized spacial score (nSPS) is 16.9. The number of nitrogens with one attached hydrogen (secondary N) is 1. The number of nitrogens with zero attached hydrogens (tertiary/aromatic N) is 1. The second kappa shape index (κ2) is 3.66. The summed E-state index contributed by atoms with van der Waals surface area (Å²) < 4.78 is 0. The zero-order valence-electron chi connectivity index (χ0n) is 8.28. The Kier molecular flexibility index (Phi) is 2.33. The minimum atomic E-state index is -0.481. The highest BCUT2D eigenvalue weighted by atomic mass is 16.2. The molecule has 0 aliphatic heterocycles. The Bertz CT molecular complexity index is 590. The molecule has 0 atom stereocenters. The number of rotatable bonds is 0. The number of carbonyl (C=O) groups is 1. The van der Waals surface area contributed by atoms with Gasteiger partial charge in [-0.25, -0.2) is 0 Å². The molecule has 0 bridgehead atoms. The molecule has 0 amide bonds. The van der Waals surface area contributed by atoms with Crippen molar-refractivity contribution < 1.29 is 9.90 Å². The van der Waals surface area contributed by atoms with E-state index in [1.807, 2.05) is 0 Å². The van der Waals surface area contributed by atoms with Crippen molar-refractivity contribution >= 4 is 5.78 Å². The van der Waals surface area contributed by atoms with Crippen molar-refractivity contribution in [3.63, 3.8) is 0 Å². The molecule has 1 aromatic rings. The molecule has 0 saturated carbocycles. The topological polar surface area (TPSA) is 93.9 Å². The first kappa shape index (κ1) is 10.2. The molecule has 0 radical (unpaired) electrons. The summed E-state index contributed by atoms with van der Waals surface area (Å²) in [6, 6.07) is 3.00. The Labute approximate surface area is 90.7 Å².